The van der Waals surface area contributed by atoms with Crippen molar-refractivity contribution in [2.24, 2.45) is 5.73 Å². The minimum atomic E-state index is -0.275. The van der Waals surface area contributed by atoms with Gasteiger partial charge in [-0.1, -0.05) is 5.16 Å². The third kappa shape index (κ3) is 3.34. The van der Waals surface area contributed by atoms with E-state index in [1.165, 1.54) is 0 Å². The summed E-state index contributed by atoms with van der Waals surface area (Å²) in [5.41, 5.74) is 6.79. The molecule has 0 atom stereocenters. The van der Waals surface area contributed by atoms with E-state index in [4.69, 9.17) is 15.0 Å². The zero-order valence-electron chi connectivity index (χ0n) is 8.87. The molecule has 84 valence electrons. The topological polar surface area (TPSA) is 90.4 Å². The molecule has 0 unspecified atom stereocenters. The lowest BCUT2D eigenvalue weighted by atomic mass is 10.3. The lowest BCUT2D eigenvalue weighted by Gasteiger charge is -2.02. The summed E-state index contributed by atoms with van der Waals surface area (Å²) in [5.74, 6) is 0.0940. The molecule has 1 aromatic rings. The van der Waals surface area contributed by atoms with Crippen molar-refractivity contribution < 1.29 is 14.1 Å². The van der Waals surface area contributed by atoms with E-state index in [9.17, 15) is 4.79 Å². The minimum absolute atomic E-state index is 0.0314. The Kier molecular flexibility index (Phi) is 4.26. The highest BCUT2D eigenvalue weighted by Crippen LogP contribution is 2.16. The smallest absolute Gasteiger partial charge is 0.252 e. The third-order valence-electron chi connectivity index (χ3n) is 1.91. The van der Waals surface area contributed by atoms with E-state index >= 15 is 0 Å². The van der Waals surface area contributed by atoms with E-state index in [1.54, 1.807) is 6.92 Å². The zero-order valence-corrected chi connectivity index (χ0v) is 8.87. The minimum Gasteiger partial charge on any atom is -0.370 e. The number of aromatic nitrogens is 1. The first-order valence-electron chi connectivity index (χ1n) is 4.65. The molecular weight excluding hydrogens is 198 g/mol. The molecule has 0 saturated carbocycles. The molecule has 0 radical (unpaired) electrons. The van der Waals surface area contributed by atoms with E-state index in [2.05, 4.69) is 10.5 Å². The van der Waals surface area contributed by atoms with E-state index < -0.39 is 0 Å². The molecule has 0 saturated heterocycles. The van der Waals surface area contributed by atoms with E-state index in [0.29, 0.717) is 19.0 Å². The number of nitrogens with two attached hydrogens (primary N) is 1. The monoisotopic (exact) mass is 213 g/mol. The fourth-order valence-electron chi connectivity index (χ4n) is 0.943. The standard InChI is InChI=1S/C9H15N3O3/c1-6-7(2)12-15-9(6)11-8(13)5-14-4-3-10/h3-5,10H2,1-2H3,(H,11,13). The number of carbonyl (C=O) groups excluding carboxylic acids is 1. The molecule has 1 rings (SSSR count). The van der Waals surface area contributed by atoms with Crippen molar-refractivity contribution >= 4 is 11.8 Å². The van der Waals surface area contributed by atoms with E-state index in [1.807, 2.05) is 6.92 Å². The van der Waals surface area contributed by atoms with Crippen LogP contribution in [-0.4, -0.2) is 30.8 Å². The molecule has 3 N–H and O–H groups in total. The van der Waals surface area contributed by atoms with Crippen molar-refractivity contribution in [3.8, 4) is 0 Å². The molecule has 0 aliphatic heterocycles. The molecule has 0 aliphatic carbocycles. The van der Waals surface area contributed by atoms with Gasteiger partial charge in [0.1, 0.15) is 6.61 Å². The molecule has 0 spiro atoms. The van der Waals surface area contributed by atoms with Crippen LogP contribution in [0.1, 0.15) is 11.3 Å². The summed E-state index contributed by atoms with van der Waals surface area (Å²) in [4.78, 5) is 11.3. The number of anilines is 1. The molecule has 0 aliphatic rings. The van der Waals surface area contributed by atoms with Crippen LogP contribution in [0.2, 0.25) is 0 Å². The summed E-state index contributed by atoms with van der Waals surface area (Å²) < 4.78 is 9.87. The summed E-state index contributed by atoms with van der Waals surface area (Å²) >= 11 is 0. The summed E-state index contributed by atoms with van der Waals surface area (Å²) in [6.45, 7) is 4.35. The lowest BCUT2D eigenvalue weighted by Crippen LogP contribution is -2.20. The van der Waals surface area contributed by atoms with Crippen LogP contribution in [0.25, 0.3) is 0 Å². The molecule has 0 fully saturated rings. The Morgan fingerprint density at radius 3 is 2.87 bits per heavy atom. The fraction of sp³-hybridized carbons (Fsp3) is 0.556. The molecule has 1 amide bonds. The van der Waals surface area contributed by atoms with Gasteiger partial charge in [0, 0.05) is 12.1 Å². The van der Waals surface area contributed by atoms with E-state index in [-0.39, 0.29) is 12.5 Å². The van der Waals surface area contributed by atoms with Crippen molar-refractivity contribution in [3.05, 3.63) is 11.3 Å². The van der Waals surface area contributed by atoms with Crippen molar-refractivity contribution in [2.45, 2.75) is 13.8 Å². The molecule has 1 aromatic heterocycles. The van der Waals surface area contributed by atoms with Gasteiger partial charge < -0.3 is 15.0 Å². The maximum absolute atomic E-state index is 11.3. The summed E-state index contributed by atoms with van der Waals surface area (Å²) in [7, 11) is 0. The largest absolute Gasteiger partial charge is 0.370 e. The van der Waals surface area contributed by atoms with Crippen molar-refractivity contribution in [1.82, 2.24) is 5.16 Å². The van der Waals surface area contributed by atoms with Gasteiger partial charge in [0.05, 0.1) is 12.3 Å². The Hall–Kier alpha value is -1.40. The number of hydrogen-bond donors (Lipinski definition) is 2. The quantitative estimate of drug-likeness (QED) is 0.682. The van der Waals surface area contributed by atoms with Crippen LogP contribution in [0.5, 0.6) is 0 Å². The molecule has 15 heavy (non-hydrogen) atoms. The van der Waals surface area contributed by atoms with Crippen LogP contribution in [0.15, 0.2) is 4.52 Å². The van der Waals surface area contributed by atoms with E-state index in [0.717, 1.165) is 11.3 Å². The highest BCUT2D eigenvalue weighted by Gasteiger charge is 2.11. The van der Waals surface area contributed by atoms with Crippen LogP contribution in [0.3, 0.4) is 0 Å². The van der Waals surface area contributed by atoms with Crippen LogP contribution in [0, 0.1) is 13.8 Å². The summed E-state index contributed by atoms with van der Waals surface area (Å²) in [6, 6.07) is 0. The maximum Gasteiger partial charge on any atom is 0.252 e. The number of rotatable bonds is 5. The molecule has 1 heterocycles. The van der Waals surface area contributed by atoms with Gasteiger partial charge in [-0.3, -0.25) is 10.1 Å². The maximum atomic E-state index is 11.3. The predicted molar refractivity (Wildman–Crippen MR) is 54.5 cm³/mol. The Bertz CT molecular complexity index is 335. The van der Waals surface area contributed by atoms with Crippen LogP contribution >= 0.6 is 0 Å². The first-order chi connectivity index (χ1) is 7.15. The number of hydrogen-bond acceptors (Lipinski definition) is 5. The molecule has 0 bridgehead atoms. The summed E-state index contributed by atoms with van der Waals surface area (Å²) in [5, 5.41) is 6.27. The Labute approximate surface area is 87.8 Å². The number of nitrogens with one attached hydrogen (secondary N) is 1. The van der Waals surface area contributed by atoms with Gasteiger partial charge in [0.2, 0.25) is 5.88 Å². The van der Waals surface area contributed by atoms with Gasteiger partial charge in [-0.15, -0.1) is 0 Å². The second-order valence-corrected chi connectivity index (χ2v) is 3.11. The van der Waals surface area contributed by atoms with Gasteiger partial charge in [-0.05, 0) is 13.8 Å². The van der Waals surface area contributed by atoms with Crippen LogP contribution in [0.4, 0.5) is 5.88 Å². The highest BCUT2D eigenvalue weighted by molar-refractivity contribution is 5.91. The average Bonchev–Trinajstić information content (AvgIpc) is 2.50. The van der Waals surface area contributed by atoms with Crippen molar-refractivity contribution in [1.29, 1.82) is 0 Å². The highest BCUT2D eigenvalue weighted by atomic mass is 16.5. The average molecular weight is 213 g/mol. The molecule has 6 heteroatoms. The SMILES string of the molecule is Cc1noc(NC(=O)COCCN)c1C. The zero-order chi connectivity index (χ0) is 11.3. The predicted octanol–water partition coefficient (Wildman–Crippen LogP) is 0.205. The molecule has 0 aromatic carbocycles. The number of amides is 1. The van der Waals surface area contributed by atoms with Gasteiger partial charge in [-0.2, -0.15) is 0 Å². The van der Waals surface area contributed by atoms with Crippen LogP contribution < -0.4 is 11.1 Å². The fourth-order valence-corrected chi connectivity index (χ4v) is 0.943. The van der Waals surface area contributed by atoms with Crippen LogP contribution in [-0.2, 0) is 9.53 Å². The first kappa shape index (κ1) is 11.7. The van der Waals surface area contributed by atoms with Gasteiger partial charge >= 0.3 is 0 Å². The van der Waals surface area contributed by atoms with Crippen molar-refractivity contribution in [3.63, 3.8) is 0 Å². The summed E-state index contributed by atoms with van der Waals surface area (Å²) in [6.07, 6.45) is 0. The Balaban J connectivity index is 2.41. The molecular formula is C9H15N3O3. The van der Waals surface area contributed by atoms with Gasteiger partial charge in [0.25, 0.3) is 5.91 Å². The number of ether oxygens (including phenoxy) is 1. The van der Waals surface area contributed by atoms with Gasteiger partial charge in [-0.25, -0.2) is 0 Å². The number of carbonyl (C=O) groups is 1. The second kappa shape index (κ2) is 5.47. The Morgan fingerprint density at radius 1 is 1.60 bits per heavy atom. The normalized spacial score (nSPS) is 10.3. The first-order valence-corrected chi connectivity index (χ1v) is 4.65. The van der Waals surface area contributed by atoms with Crippen molar-refractivity contribution in [2.75, 3.05) is 25.1 Å². The molecule has 6 nitrogen and oxygen atoms in total. The second-order valence-electron chi connectivity index (χ2n) is 3.11. The lowest BCUT2D eigenvalue weighted by molar-refractivity contribution is -0.120. The number of nitrogens with zero attached hydrogens (tertiary/aromatic N) is 1. The Morgan fingerprint density at radius 2 is 2.33 bits per heavy atom. The number of aryl methyl sites for hydroxylation is 1. The third-order valence-corrected chi connectivity index (χ3v) is 1.91. The van der Waals surface area contributed by atoms with Gasteiger partial charge in [0.15, 0.2) is 0 Å².